The molecule has 0 saturated carbocycles. The van der Waals surface area contributed by atoms with Crippen molar-refractivity contribution in [3.05, 3.63) is 46.5 Å². The van der Waals surface area contributed by atoms with E-state index in [1.54, 1.807) is 12.1 Å². The van der Waals surface area contributed by atoms with Crippen LogP contribution in [0.25, 0.3) is 0 Å². The van der Waals surface area contributed by atoms with Gasteiger partial charge in [0.05, 0.1) is 10.8 Å². The molecule has 0 spiro atoms. The first-order valence-corrected chi connectivity index (χ1v) is 9.98. The Labute approximate surface area is 159 Å². The second-order valence-electron chi connectivity index (χ2n) is 9.04. The zero-order chi connectivity index (χ0) is 20.0. The molecule has 26 heavy (non-hydrogen) atoms. The van der Waals surface area contributed by atoms with Crippen molar-refractivity contribution in [1.29, 1.82) is 0 Å². The third-order valence-electron chi connectivity index (χ3n) is 4.59. The van der Waals surface area contributed by atoms with Gasteiger partial charge in [0.15, 0.2) is 0 Å². The highest BCUT2D eigenvalue weighted by Gasteiger charge is 2.24. The monoisotopic (exact) mass is 374 g/mol. The van der Waals surface area contributed by atoms with Crippen molar-refractivity contribution < 1.29 is 14.4 Å². The molecule has 0 bridgehead atoms. The molecule has 0 atom stereocenters. The van der Waals surface area contributed by atoms with Crippen molar-refractivity contribution >= 4 is 10.8 Å². The van der Waals surface area contributed by atoms with E-state index < -0.39 is 10.8 Å². The number of aryl methyl sites for hydroxylation is 2. The standard InChI is InChI=1S/C22H30O3S/c1-13-9-15(11-17(19(13)23)21(3,4)5)26(25)16-10-14(2)20(24)18(12-16)22(6,7)8/h9-12,23-24H,1-8H3. The summed E-state index contributed by atoms with van der Waals surface area (Å²) in [6.45, 7) is 15.8. The molecule has 0 fully saturated rings. The molecular formula is C22H30O3S. The van der Waals surface area contributed by atoms with Gasteiger partial charge in [0.2, 0.25) is 0 Å². The summed E-state index contributed by atoms with van der Waals surface area (Å²) in [7, 11) is -1.40. The maximum atomic E-state index is 13.3. The largest absolute Gasteiger partial charge is 0.507 e. The molecule has 142 valence electrons. The average molecular weight is 375 g/mol. The quantitative estimate of drug-likeness (QED) is 0.732. The van der Waals surface area contributed by atoms with E-state index in [0.29, 0.717) is 20.9 Å². The molecule has 4 heteroatoms. The summed E-state index contributed by atoms with van der Waals surface area (Å²) in [6.07, 6.45) is 0. The SMILES string of the molecule is Cc1cc(S(=O)c2cc(C)c(O)c(C(C)(C)C)c2)cc(C(C)(C)C)c1O. The summed E-state index contributed by atoms with van der Waals surface area (Å²) < 4.78 is 13.3. The molecule has 0 aliphatic rings. The molecule has 2 N–H and O–H groups in total. The lowest BCUT2D eigenvalue weighted by molar-refractivity contribution is 0.441. The third-order valence-corrected chi connectivity index (χ3v) is 5.92. The molecule has 0 saturated heterocycles. The van der Waals surface area contributed by atoms with E-state index in [1.165, 1.54) is 0 Å². The zero-order valence-electron chi connectivity index (χ0n) is 17.0. The van der Waals surface area contributed by atoms with E-state index in [9.17, 15) is 14.4 Å². The minimum atomic E-state index is -1.40. The maximum Gasteiger partial charge on any atom is 0.122 e. The van der Waals surface area contributed by atoms with E-state index in [2.05, 4.69) is 0 Å². The Kier molecular flexibility index (Phi) is 5.31. The Bertz CT molecular complexity index is 797. The summed E-state index contributed by atoms with van der Waals surface area (Å²) in [5.41, 5.74) is 2.49. The molecule has 0 radical (unpaired) electrons. The van der Waals surface area contributed by atoms with Crippen LogP contribution < -0.4 is 0 Å². The fourth-order valence-corrected chi connectivity index (χ4v) is 4.28. The molecule has 2 rings (SSSR count). The fraction of sp³-hybridized carbons (Fsp3) is 0.455. The van der Waals surface area contributed by atoms with Gasteiger partial charge in [-0.2, -0.15) is 0 Å². The Hall–Kier alpha value is -1.81. The van der Waals surface area contributed by atoms with Gasteiger partial charge in [-0.3, -0.25) is 0 Å². The first kappa shape index (κ1) is 20.5. The first-order valence-electron chi connectivity index (χ1n) is 8.83. The summed E-state index contributed by atoms with van der Waals surface area (Å²) in [5, 5.41) is 20.8. The molecular weight excluding hydrogens is 344 g/mol. The van der Waals surface area contributed by atoms with Gasteiger partial charge in [-0.25, -0.2) is 4.21 Å². The van der Waals surface area contributed by atoms with Crippen LogP contribution in [0, 0.1) is 13.8 Å². The molecule has 2 aromatic carbocycles. The smallest absolute Gasteiger partial charge is 0.122 e. The van der Waals surface area contributed by atoms with Gasteiger partial charge < -0.3 is 10.2 Å². The normalized spacial score (nSPS) is 12.7. The van der Waals surface area contributed by atoms with E-state index in [0.717, 1.165) is 11.1 Å². The second-order valence-corrected chi connectivity index (χ2v) is 10.5. The van der Waals surface area contributed by atoms with Crippen molar-refractivity contribution in [3.8, 4) is 11.5 Å². The lowest BCUT2D eigenvalue weighted by atomic mass is 9.85. The Morgan fingerprint density at radius 2 is 1.00 bits per heavy atom. The minimum Gasteiger partial charge on any atom is -0.507 e. The number of aromatic hydroxyl groups is 2. The van der Waals surface area contributed by atoms with Gasteiger partial charge in [-0.1, -0.05) is 41.5 Å². The predicted molar refractivity (Wildman–Crippen MR) is 108 cm³/mol. The number of phenols is 2. The van der Waals surface area contributed by atoms with Gasteiger partial charge in [-0.15, -0.1) is 0 Å². The van der Waals surface area contributed by atoms with Crippen molar-refractivity contribution in [1.82, 2.24) is 0 Å². The van der Waals surface area contributed by atoms with Gasteiger partial charge in [0, 0.05) is 20.9 Å². The van der Waals surface area contributed by atoms with Gasteiger partial charge >= 0.3 is 0 Å². The first-order chi connectivity index (χ1) is 11.7. The third kappa shape index (κ3) is 3.96. The van der Waals surface area contributed by atoms with E-state index in [4.69, 9.17) is 0 Å². The number of hydrogen-bond donors (Lipinski definition) is 2. The van der Waals surface area contributed by atoms with Crippen molar-refractivity contribution in [3.63, 3.8) is 0 Å². The van der Waals surface area contributed by atoms with Crippen LogP contribution in [0.1, 0.15) is 63.8 Å². The molecule has 2 aromatic rings. The number of phenolic OH excluding ortho intramolecular Hbond substituents is 2. The molecule has 0 amide bonds. The van der Waals surface area contributed by atoms with E-state index in [-0.39, 0.29) is 22.3 Å². The van der Waals surface area contributed by atoms with E-state index in [1.807, 2.05) is 67.5 Å². The second kappa shape index (κ2) is 6.73. The summed E-state index contributed by atoms with van der Waals surface area (Å²) in [5.74, 6) is 0.519. The highest BCUT2D eigenvalue weighted by Crippen LogP contribution is 2.38. The Morgan fingerprint density at radius 3 is 1.27 bits per heavy atom. The topological polar surface area (TPSA) is 57.5 Å². The molecule has 0 aromatic heterocycles. The van der Waals surface area contributed by atoms with Crippen LogP contribution in [0.5, 0.6) is 11.5 Å². The molecule has 0 heterocycles. The molecule has 0 aliphatic carbocycles. The van der Waals surface area contributed by atoms with E-state index >= 15 is 0 Å². The van der Waals surface area contributed by atoms with Crippen LogP contribution in [0.3, 0.4) is 0 Å². The minimum absolute atomic E-state index is 0.253. The van der Waals surface area contributed by atoms with Gasteiger partial charge in [0.25, 0.3) is 0 Å². The number of benzene rings is 2. The molecule has 0 unspecified atom stereocenters. The van der Waals surface area contributed by atoms with Crippen LogP contribution in [-0.4, -0.2) is 14.4 Å². The molecule has 3 nitrogen and oxygen atoms in total. The van der Waals surface area contributed by atoms with Gasteiger partial charge in [0.1, 0.15) is 11.5 Å². The fourth-order valence-electron chi connectivity index (χ4n) is 2.99. The van der Waals surface area contributed by atoms with Crippen LogP contribution in [0.4, 0.5) is 0 Å². The summed E-state index contributed by atoms with van der Waals surface area (Å²) in [6, 6.07) is 7.22. The lowest BCUT2D eigenvalue weighted by Gasteiger charge is -2.24. The Balaban J connectivity index is 2.64. The lowest BCUT2D eigenvalue weighted by Crippen LogP contribution is -2.14. The highest BCUT2D eigenvalue weighted by molar-refractivity contribution is 7.85. The van der Waals surface area contributed by atoms with Crippen LogP contribution in [0.15, 0.2) is 34.1 Å². The van der Waals surface area contributed by atoms with Crippen LogP contribution in [0.2, 0.25) is 0 Å². The van der Waals surface area contributed by atoms with Crippen LogP contribution >= 0.6 is 0 Å². The summed E-state index contributed by atoms with van der Waals surface area (Å²) >= 11 is 0. The number of rotatable bonds is 2. The van der Waals surface area contributed by atoms with Crippen LogP contribution in [-0.2, 0) is 21.6 Å². The zero-order valence-corrected chi connectivity index (χ0v) is 17.8. The van der Waals surface area contributed by atoms with Crippen molar-refractivity contribution in [2.45, 2.75) is 76.0 Å². The average Bonchev–Trinajstić information content (AvgIpc) is 2.49. The highest BCUT2D eigenvalue weighted by atomic mass is 32.2. The van der Waals surface area contributed by atoms with Gasteiger partial charge in [-0.05, 0) is 60.1 Å². The number of hydrogen-bond acceptors (Lipinski definition) is 3. The summed E-state index contributed by atoms with van der Waals surface area (Å²) in [4.78, 5) is 1.32. The van der Waals surface area contributed by atoms with Crippen molar-refractivity contribution in [2.75, 3.05) is 0 Å². The van der Waals surface area contributed by atoms with Crippen molar-refractivity contribution in [2.24, 2.45) is 0 Å². The maximum absolute atomic E-state index is 13.3. The Morgan fingerprint density at radius 1 is 0.692 bits per heavy atom. The predicted octanol–water partition coefficient (Wildman–Crippen LogP) is 5.48. The molecule has 0 aliphatic heterocycles.